The molecule has 0 bridgehead atoms. The Balaban J connectivity index is 2.22. The van der Waals surface area contributed by atoms with Gasteiger partial charge in [-0.05, 0) is 33.5 Å². The average Bonchev–Trinajstić information content (AvgIpc) is 2.68. The Morgan fingerprint density at radius 1 is 0.895 bits per heavy atom. The highest BCUT2D eigenvalue weighted by atomic mass is 14.6. The second-order valence-corrected chi connectivity index (χ2v) is 5.76. The number of fused-ring (bicyclic) bond motifs is 5. The topological polar surface area (TPSA) is 12.9 Å². The fourth-order valence-electron chi connectivity index (χ4n) is 3.37. The molecule has 1 aliphatic carbocycles. The highest BCUT2D eigenvalue weighted by Gasteiger charge is 2.36. The quantitative estimate of drug-likeness (QED) is 0.566. The minimum atomic E-state index is 0.0671. The van der Waals surface area contributed by atoms with Crippen molar-refractivity contribution in [3.05, 3.63) is 66.0 Å². The summed E-state index contributed by atoms with van der Waals surface area (Å²) in [5.41, 5.74) is 5.52. The molecule has 92 valence electrons. The summed E-state index contributed by atoms with van der Waals surface area (Å²) in [6.07, 6.45) is 3.91. The number of hydrogen-bond acceptors (Lipinski definition) is 1. The highest BCUT2D eigenvalue weighted by Crippen LogP contribution is 2.50. The van der Waals surface area contributed by atoms with Crippen LogP contribution in [-0.4, -0.2) is 4.98 Å². The molecule has 0 saturated carbocycles. The zero-order chi connectivity index (χ0) is 13.0. The van der Waals surface area contributed by atoms with E-state index in [0.29, 0.717) is 0 Å². The van der Waals surface area contributed by atoms with Crippen LogP contribution >= 0.6 is 0 Å². The van der Waals surface area contributed by atoms with E-state index in [1.54, 1.807) is 0 Å². The minimum Gasteiger partial charge on any atom is -0.264 e. The number of pyridine rings is 1. The normalized spacial score (nSPS) is 15.3. The van der Waals surface area contributed by atoms with Crippen molar-refractivity contribution in [2.24, 2.45) is 0 Å². The van der Waals surface area contributed by atoms with Crippen molar-refractivity contribution in [1.82, 2.24) is 4.98 Å². The van der Waals surface area contributed by atoms with E-state index >= 15 is 0 Å². The summed E-state index contributed by atoms with van der Waals surface area (Å²) in [5.74, 6) is 0. The lowest BCUT2D eigenvalue weighted by atomic mass is 9.82. The van der Waals surface area contributed by atoms with E-state index in [-0.39, 0.29) is 5.41 Å². The molecule has 0 saturated heterocycles. The summed E-state index contributed by atoms with van der Waals surface area (Å²) < 4.78 is 0. The molecule has 4 rings (SSSR count). The second-order valence-electron chi connectivity index (χ2n) is 5.76. The Bertz CT molecular complexity index is 800. The van der Waals surface area contributed by atoms with Gasteiger partial charge in [0.05, 0.1) is 0 Å². The van der Waals surface area contributed by atoms with Gasteiger partial charge in [-0.15, -0.1) is 0 Å². The van der Waals surface area contributed by atoms with Gasteiger partial charge in [0.15, 0.2) is 0 Å². The van der Waals surface area contributed by atoms with Crippen molar-refractivity contribution in [2.45, 2.75) is 19.3 Å². The largest absolute Gasteiger partial charge is 0.264 e. The molecule has 2 aromatic carbocycles. The molecule has 0 radical (unpaired) electrons. The van der Waals surface area contributed by atoms with Gasteiger partial charge in [0.2, 0.25) is 0 Å². The first-order valence-electron chi connectivity index (χ1n) is 6.67. The maximum atomic E-state index is 4.33. The second kappa shape index (κ2) is 3.45. The van der Waals surface area contributed by atoms with Crippen molar-refractivity contribution in [1.29, 1.82) is 0 Å². The first-order valence-corrected chi connectivity index (χ1v) is 6.67. The van der Waals surface area contributed by atoms with E-state index in [1.807, 2.05) is 12.4 Å². The van der Waals surface area contributed by atoms with Crippen LogP contribution in [-0.2, 0) is 5.41 Å². The zero-order valence-electron chi connectivity index (χ0n) is 11.1. The van der Waals surface area contributed by atoms with Crippen LogP contribution in [0.4, 0.5) is 0 Å². The molecule has 0 fully saturated rings. The van der Waals surface area contributed by atoms with Gasteiger partial charge in [-0.3, -0.25) is 4.98 Å². The Morgan fingerprint density at radius 3 is 2.63 bits per heavy atom. The van der Waals surface area contributed by atoms with E-state index < -0.39 is 0 Å². The first-order chi connectivity index (χ1) is 9.19. The molecule has 1 nitrogen and oxygen atoms in total. The molecule has 1 heterocycles. The smallest absolute Gasteiger partial charge is 0.0349 e. The monoisotopic (exact) mass is 245 g/mol. The van der Waals surface area contributed by atoms with Crippen LogP contribution in [0.5, 0.6) is 0 Å². The fraction of sp³-hybridized carbons (Fsp3) is 0.167. The number of hydrogen-bond donors (Lipinski definition) is 0. The summed E-state index contributed by atoms with van der Waals surface area (Å²) in [4.78, 5) is 4.33. The molecule has 0 spiro atoms. The Hall–Kier alpha value is -2.15. The minimum absolute atomic E-state index is 0.0671. The summed E-state index contributed by atoms with van der Waals surface area (Å²) in [6, 6.07) is 15.3. The van der Waals surface area contributed by atoms with Gasteiger partial charge in [0.25, 0.3) is 0 Å². The van der Waals surface area contributed by atoms with Gasteiger partial charge < -0.3 is 0 Å². The zero-order valence-corrected chi connectivity index (χ0v) is 11.1. The van der Waals surface area contributed by atoms with Crippen LogP contribution in [0.15, 0.2) is 54.9 Å². The molecule has 0 amide bonds. The van der Waals surface area contributed by atoms with Gasteiger partial charge in [0.1, 0.15) is 0 Å². The third-order valence-electron chi connectivity index (χ3n) is 4.37. The van der Waals surface area contributed by atoms with Gasteiger partial charge in [-0.25, -0.2) is 0 Å². The summed E-state index contributed by atoms with van der Waals surface area (Å²) in [5, 5.41) is 2.63. The van der Waals surface area contributed by atoms with Gasteiger partial charge >= 0.3 is 0 Å². The highest BCUT2D eigenvalue weighted by molar-refractivity contribution is 6.02. The van der Waals surface area contributed by atoms with Crippen LogP contribution in [0.1, 0.15) is 25.0 Å². The predicted octanol–water partition coefficient (Wildman–Crippen LogP) is 4.54. The molecule has 1 aromatic heterocycles. The van der Waals surface area contributed by atoms with E-state index in [2.05, 4.69) is 61.3 Å². The molecular formula is C18H15N. The molecule has 0 unspecified atom stereocenters. The van der Waals surface area contributed by atoms with Gasteiger partial charge in [-0.1, -0.05) is 50.2 Å². The van der Waals surface area contributed by atoms with E-state index in [4.69, 9.17) is 0 Å². The van der Waals surface area contributed by atoms with Crippen molar-refractivity contribution in [2.75, 3.05) is 0 Å². The number of aromatic nitrogens is 1. The maximum absolute atomic E-state index is 4.33. The van der Waals surface area contributed by atoms with Crippen LogP contribution in [0.3, 0.4) is 0 Å². The number of benzene rings is 2. The van der Waals surface area contributed by atoms with Crippen molar-refractivity contribution in [3.8, 4) is 11.1 Å². The van der Waals surface area contributed by atoms with Crippen molar-refractivity contribution >= 4 is 10.8 Å². The molecule has 0 aliphatic heterocycles. The average molecular weight is 245 g/mol. The third kappa shape index (κ3) is 1.27. The number of nitrogens with zero attached hydrogens (tertiary/aromatic N) is 1. The third-order valence-corrected chi connectivity index (χ3v) is 4.37. The van der Waals surface area contributed by atoms with Crippen molar-refractivity contribution < 1.29 is 0 Å². The van der Waals surface area contributed by atoms with E-state index in [1.165, 1.54) is 33.0 Å². The number of rotatable bonds is 0. The molecule has 1 aliphatic rings. The molecule has 19 heavy (non-hydrogen) atoms. The maximum Gasteiger partial charge on any atom is 0.0349 e. The standard InChI is InChI=1S/C18H15N/c1-18(2)15-9-10-19-11-14(15)17-13-6-4-3-5-12(13)7-8-16(17)18/h3-11H,1-2H3. The molecular weight excluding hydrogens is 230 g/mol. The lowest BCUT2D eigenvalue weighted by Crippen LogP contribution is -2.14. The Labute approximate surface area is 112 Å². The van der Waals surface area contributed by atoms with Crippen LogP contribution in [0.2, 0.25) is 0 Å². The lowest BCUT2D eigenvalue weighted by Gasteiger charge is -2.21. The lowest BCUT2D eigenvalue weighted by molar-refractivity contribution is 0.660. The first kappa shape index (κ1) is 10.7. The molecule has 3 aromatic rings. The Kier molecular flexibility index (Phi) is 1.95. The molecule has 0 N–H and O–H groups in total. The van der Waals surface area contributed by atoms with E-state index in [9.17, 15) is 0 Å². The summed E-state index contributed by atoms with van der Waals surface area (Å²) in [7, 11) is 0. The Morgan fingerprint density at radius 2 is 1.74 bits per heavy atom. The summed E-state index contributed by atoms with van der Waals surface area (Å²) in [6.45, 7) is 4.60. The van der Waals surface area contributed by atoms with Crippen molar-refractivity contribution in [3.63, 3.8) is 0 Å². The van der Waals surface area contributed by atoms with Crippen LogP contribution in [0, 0.1) is 0 Å². The fourth-order valence-corrected chi connectivity index (χ4v) is 3.37. The predicted molar refractivity (Wildman–Crippen MR) is 79.3 cm³/mol. The SMILES string of the molecule is CC1(C)c2ccncc2-c2c1ccc1ccccc21. The van der Waals surface area contributed by atoms with Gasteiger partial charge in [-0.2, -0.15) is 0 Å². The molecule has 1 heteroatoms. The van der Waals surface area contributed by atoms with Gasteiger partial charge in [0, 0.05) is 23.4 Å². The van der Waals surface area contributed by atoms with E-state index in [0.717, 1.165) is 0 Å². The van der Waals surface area contributed by atoms with Crippen LogP contribution < -0.4 is 0 Å². The summed E-state index contributed by atoms with van der Waals surface area (Å²) >= 11 is 0. The molecule has 0 atom stereocenters. The van der Waals surface area contributed by atoms with Crippen LogP contribution in [0.25, 0.3) is 21.9 Å².